The summed E-state index contributed by atoms with van der Waals surface area (Å²) in [5.74, 6) is -0.00134. The van der Waals surface area contributed by atoms with Gasteiger partial charge in [-0.05, 0) is 87.6 Å². The monoisotopic (exact) mass is 595 g/mol. The lowest BCUT2D eigenvalue weighted by atomic mass is 10.1. The topological polar surface area (TPSA) is 82.4 Å². The van der Waals surface area contributed by atoms with E-state index in [-0.39, 0.29) is 26.0 Å². The summed E-state index contributed by atoms with van der Waals surface area (Å²) in [7, 11) is 0. The van der Waals surface area contributed by atoms with Crippen molar-refractivity contribution in [3.63, 3.8) is 0 Å². The molecule has 1 N–H and O–H groups in total. The van der Waals surface area contributed by atoms with Crippen molar-refractivity contribution in [2.75, 3.05) is 0 Å². The van der Waals surface area contributed by atoms with Crippen molar-refractivity contribution in [2.24, 2.45) is 0 Å². The van der Waals surface area contributed by atoms with Crippen molar-refractivity contribution >= 4 is 23.1 Å². The van der Waals surface area contributed by atoms with Gasteiger partial charge >= 0.3 is 18.2 Å². The average molecular weight is 596 g/mol. The summed E-state index contributed by atoms with van der Waals surface area (Å²) in [6.45, 7) is 9.45. The number of hydrogen-bond acceptors (Lipinski definition) is 5. The highest BCUT2D eigenvalue weighted by atomic mass is 19.4. The molecule has 4 rings (SSSR count). The first kappa shape index (κ1) is 31.6. The number of ether oxygens (including phenoxy) is 2. The third-order valence-corrected chi connectivity index (χ3v) is 6.92. The molecule has 1 amide bonds. The Hall–Kier alpha value is -4.34. The molecule has 228 valence electrons. The van der Waals surface area contributed by atoms with E-state index in [0.29, 0.717) is 11.4 Å². The van der Waals surface area contributed by atoms with E-state index in [1.54, 1.807) is 20.8 Å². The van der Waals surface area contributed by atoms with Gasteiger partial charge in [0, 0.05) is 13.0 Å². The van der Waals surface area contributed by atoms with Crippen LogP contribution in [-0.4, -0.2) is 33.3 Å². The Labute approximate surface area is 249 Å². The number of nitrogens with one attached hydrogen (secondary N) is 1. The molecule has 0 aliphatic carbocycles. The maximum absolute atomic E-state index is 13.2. The summed E-state index contributed by atoms with van der Waals surface area (Å²) in [5.41, 5.74) is 3.62. The van der Waals surface area contributed by atoms with E-state index >= 15 is 0 Å². The molecule has 0 aliphatic rings. The van der Waals surface area contributed by atoms with E-state index in [2.05, 4.69) is 5.32 Å². The number of fused-ring (bicyclic) bond motifs is 1. The smallest absolute Gasteiger partial charge is 0.416 e. The number of hydrogen-bond donors (Lipinski definition) is 1. The minimum atomic E-state index is -4.43. The SMILES string of the molecule is Cc1cc2nc(CC[C@H](NC(=O)OC(C)(C)C)C(=O)OCc3ccccc3)n(Cc3ccc(C(F)(F)F)cc3)c2cc1C. The number of aryl methyl sites for hydroxylation is 3. The van der Waals surface area contributed by atoms with Crippen molar-refractivity contribution in [3.8, 4) is 0 Å². The number of amides is 1. The van der Waals surface area contributed by atoms with Gasteiger partial charge in [-0.2, -0.15) is 13.2 Å². The second-order valence-corrected chi connectivity index (χ2v) is 11.6. The van der Waals surface area contributed by atoms with Crippen molar-refractivity contribution in [1.29, 1.82) is 0 Å². The molecule has 0 unspecified atom stereocenters. The molecule has 43 heavy (non-hydrogen) atoms. The van der Waals surface area contributed by atoms with E-state index in [0.717, 1.165) is 39.9 Å². The molecule has 1 atom stereocenters. The quantitative estimate of drug-likeness (QED) is 0.206. The van der Waals surface area contributed by atoms with Crippen LogP contribution in [0, 0.1) is 13.8 Å². The number of imidazole rings is 1. The molecule has 1 aromatic heterocycles. The first-order valence-electron chi connectivity index (χ1n) is 14.0. The lowest BCUT2D eigenvalue weighted by Gasteiger charge is -2.23. The minimum Gasteiger partial charge on any atom is -0.459 e. The molecule has 0 saturated carbocycles. The third kappa shape index (κ3) is 8.59. The van der Waals surface area contributed by atoms with Crippen LogP contribution in [0.25, 0.3) is 11.0 Å². The fraction of sp³-hybridized carbons (Fsp3) is 0.364. The fourth-order valence-corrected chi connectivity index (χ4v) is 4.58. The van der Waals surface area contributed by atoms with Crippen LogP contribution in [0.2, 0.25) is 0 Å². The summed E-state index contributed by atoms with van der Waals surface area (Å²) in [4.78, 5) is 30.6. The van der Waals surface area contributed by atoms with Crippen LogP contribution in [0.3, 0.4) is 0 Å². The molecule has 0 aliphatic heterocycles. The van der Waals surface area contributed by atoms with E-state index in [9.17, 15) is 22.8 Å². The normalized spacial score (nSPS) is 12.7. The van der Waals surface area contributed by atoms with Gasteiger partial charge in [-0.3, -0.25) is 0 Å². The summed E-state index contributed by atoms with van der Waals surface area (Å²) in [6, 6.07) is 17.2. The van der Waals surface area contributed by atoms with Crippen LogP contribution < -0.4 is 5.32 Å². The predicted molar refractivity (Wildman–Crippen MR) is 157 cm³/mol. The number of carbonyl (C=O) groups is 2. The Morgan fingerprint density at radius 3 is 2.21 bits per heavy atom. The highest BCUT2D eigenvalue weighted by Crippen LogP contribution is 2.30. The Morgan fingerprint density at radius 2 is 1.58 bits per heavy atom. The summed E-state index contributed by atoms with van der Waals surface area (Å²) >= 11 is 0. The third-order valence-electron chi connectivity index (χ3n) is 6.92. The van der Waals surface area contributed by atoms with E-state index in [1.807, 2.05) is 60.9 Å². The van der Waals surface area contributed by atoms with Crippen LogP contribution in [0.4, 0.5) is 18.0 Å². The molecule has 3 aromatic carbocycles. The van der Waals surface area contributed by atoms with Gasteiger partial charge in [-0.25, -0.2) is 14.6 Å². The molecular weight excluding hydrogens is 559 g/mol. The number of alkyl halides is 3. The van der Waals surface area contributed by atoms with Crippen LogP contribution in [0.15, 0.2) is 66.7 Å². The molecule has 4 aromatic rings. The van der Waals surface area contributed by atoms with Crippen molar-refractivity contribution < 1.29 is 32.2 Å². The lowest BCUT2D eigenvalue weighted by Crippen LogP contribution is -2.44. The van der Waals surface area contributed by atoms with Gasteiger partial charge in [0.25, 0.3) is 0 Å². The standard InChI is InChI=1S/C33H36F3N3O4/c1-21-17-27-28(18-22(21)2)39(19-23-11-13-25(14-12-23)33(34,35)36)29(37-27)16-15-26(38-31(41)43-32(3,4)5)30(40)42-20-24-9-7-6-8-10-24/h6-14,17-18,26H,15-16,19-20H2,1-5H3,(H,38,41)/t26-/m0/s1. The van der Waals surface area contributed by atoms with Gasteiger partial charge in [0.15, 0.2) is 0 Å². The number of nitrogens with zero attached hydrogens (tertiary/aromatic N) is 2. The summed E-state index contributed by atoms with van der Waals surface area (Å²) < 4.78 is 52.3. The molecule has 0 fully saturated rings. The largest absolute Gasteiger partial charge is 0.459 e. The second kappa shape index (κ2) is 12.9. The fourth-order valence-electron chi connectivity index (χ4n) is 4.58. The molecule has 0 saturated heterocycles. The Bertz CT molecular complexity index is 1570. The molecule has 10 heteroatoms. The van der Waals surface area contributed by atoms with Crippen molar-refractivity contribution in [1.82, 2.24) is 14.9 Å². The molecular formula is C33H36F3N3O4. The number of aromatic nitrogens is 2. The van der Waals surface area contributed by atoms with Crippen LogP contribution in [0.1, 0.15) is 60.8 Å². The Balaban J connectivity index is 1.60. The number of esters is 1. The number of benzene rings is 3. The van der Waals surface area contributed by atoms with Crippen LogP contribution in [-0.2, 0) is 40.0 Å². The van der Waals surface area contributed by atoms with Crippen molar-refractivity contribution in [3.05, 3.63) is 100 Å². The number of rotatable bonds is 9. The summed E-state index contributed by atoms with van der Waals surface area (Å²) in [5, 5.41) is 2.64. The van der Waals surface area contributed by atoms with E-state index in [1.165, 1.54) is 12.1 Å². The number of alkyl carbamates (subject to hydrolysis) is 1. The number of carbonyl (C=O) groups excluding carboxylic acids is 2. The van der Waals surface area contributed by atoms with Gasteiger partial charge in [-0.15, -0.1) is 0 Å². The predicted octanol–water partition coefficient (Wildman–Crippen LogP) is 7.29. The molecule has 7 nitrogen and oxygen atoms in total. The zero-order valence-corrected chi connectivity index (χ0v) is 24.9. The molecule has 0 bridgehead atoms. The van der Waals surface area contributed by atoms with Gasteiger partial charge in [0.05, 0.1) is 16.6 Å². The van der Waals surface area contributed by atoms with Gasteiger partial charge in [0.2, 0.25) is 0 Å². The Kier molecular flexibility index (Phi) is 9.47. The molecule has 1 heterocycles. The zero-order chi connectivity index (χ0) is 31.4. The van der Waals surface area contributed by atoms with E-state index in [4.69, 9.17) is 14.5 Å². The minimum absolute atomic E-state index is 0.0388. The number of halogens is 3. The molecule has 0 radical (unpaired) electrons. The maximum Gasteiger partial charge on any atom is 0.416 e. The molecule has 0 spiro atoms. The van der Waals surface area contributed by atoms with Crippen LogP contribution in [0.5, 0.6) is 0 Å². The van der Waals surface area contributed by atoms with Gasteiger partial charge in [0.1, 0.15) is 24.1 Å². The van der Waals surface area contributed by atoms with Gasteiger partial charge in [-0.1, -0.05) is 42.5 Å². The van der Waals surface area contributed by atoms with Gasteiger partial charge < -0.3 is 19.4 Å². The van der Waals surface area contributed by atoms with Crippen LogP contribution >= 0.6 is 0 Å². The average Bonchev–Trinajstić information content (AvgIpc) is 3.24. The summed E-state index contributed by atoms with van der Waals surface area (Å²) in [6.07, 6.45) is -4.75. The first-order valence-corrected chi connectivity index (χ1v) is 14.0. The van der Waals surface area contributed by atoms with E-state index < -0.39 is 35.4 Å². The Morgan fingerprint density at radius 1 is 0.930 bits per heavy atom. The highest BCUT2D eigenvalue weighted by Gasteiger charge is 2.30. The van der Waals surface area contributed by atoms with Crippen molar-refractivity contribution in [2.45, 2.75) is 78.4 Å². The second-order valence-electron chi connectivity index (χ2n) is 11.6. The maximum atomic E-state index is 13.2. The highest BCUT2D eigenvalue weighted by molar-refractivity contribution is 5.81. The first-order chi connectivity index (χ1) is 20.2. The lowest BCUT2D eigenvalue weighted by molar-refractivity contribution is -0.147. The zero-order valence-electron chi connectivity index (χ0n) is 24.9.